The number of unbranched alkanes of at least 4 members (excludes halogenated alkanes) is 2. The van der Waals surface area contributed by atoms with Crippen molar-refractivity contribution in [2.45, 2.75) is 39.0 Å². The zero-order valence-corrected chi connectivity index (χ0v) is 15.2. The number of methoxy groups -OCH3 is 1. The van der Waals surface area contributed by atoms with Gasteiger partial charge in [0, 0.05) is 23.4 Å². The van der Waals surface area contributed by atoms with Crippen LogP contribution in [0.4, 0.5) is 5.13 Å². The van der Waals surface area contributed by atoms with Crippen molar-refractivity contribution in [1.29, 1.82) is 0 Å². The van der Waals surface area contributed by atoms with Crippen LogP contribution in [0, 0.1) is 0 Å². The molecule has 0 aliphatic rings. The Labute approximate surface area is 150 Å². The van der Waals surface area contributed by atoms with Gasteiger partial charge in [-0.1, -0.05) is 31.1 Å². The van der Waals surface area contributed by atoms with Crippen LogP contribution in [0.15, 0.2) is 28.9 Å². The second-order valence-electron chi connectivity index (χ2n) is 5.81. The summed E-state index contributed by atoms with van der Waals surface area (Å²) in [7, 11) is 1.61. The van der Waals surface area contributed by atoms with Gasteiger partial charge in [-0.2, -0.15) is 0 Å². The fourth-order valence-corrected chi connectivity index (χ4v) is 3.39. The first-order valence-electron chi connectivity index (χ1n) is 8.36. The van der Waals surface area contributed by atoms with Crippen molar-refractivity contribution in [2.75, 3.05) is 12.4 Å². The Morgan fingerprint density at radius 3 is 3.00 bits per heavy atom. The number of furan rings is 1. The lowest BCUT2D eigenvalue weighted by Gasteiger charge is -2.01. The summed E-state index contributed by atoms with van der Waals surface area (Å²) in [6.07, 6.45) is 6.20. The van der Waals surface area contributed by atoms with Crippen LogP contribution in [0.25, 0.3) is 11.0 Å². The summed E-state index contributed by atoms with van der Waals surface area (Å²) in [5.74, 6) is 0.595. The molecule has 0 aliphatic heterocycles. The van der Waals surface area contributed by atoms with Crippen molar-refractivity contribution in [3.8, 4) is 5.75 Å². The Morgan fingerprint density at radius 2 is 2.20 bits per heavy atom. The molecule has 2 heterocycles. The van der Waals surface area contributed by atoms with Crippen LogP contribution in [0.3, 0.4) is 0 Å². The number of amides is 1. The summed E-state index contributed by atoms with van der Waals surface area (Å²) in [4.78, 5) is 12.3. The van der Waals surface area contributed by atoms with Gasteiger partial charge in [-0.15, -0.1) is 10.2 Å². The highest BCUT2D eigenvalue weighted by atomic mass is 32.1. The van der Waals surface area contributed by atoms with Crippen LogP contribution in [-0.2, 0) is 17.6 Å². The maximum atomic E-state index is 12.3. The molecule has 25 heavy (non-hydrogen) atoms. The summed E-state index contributed by atoms with van der Waals surface area (Å²) in [6, 6.07) is 5.56. The molecule has 2 aromatic heterocycles. The standard InChI is InChI=1S/C18H21N3O3S/c1-3-4-5-6-17-20-21-18(25-17)19-16(22)9-12-11-24-15-10-13(23-2)7-8-14(12)15/h7-8,10-11H,3-6,9H2,1-2H3,(H,19,21,22). The van der Waals surface area contributed by atoms with Crippen LogP contribution in [0.1, 0.15) is 36.8 Å². The Morgan fingerprint density at radius 1 is 1.32 bits per heavy atom. The monoisotopic (exact) mass is 359 g/mol. The second-order valence-corrected chi connectivity index (χ2v) is 6.87. The Hall–Kier alpha value is -2.41. The van der Waals surface area contributed by atoms with E-state index in [9.17, 15) is 4.79 Å². The normalized spacial score (nSPS) is 11.0. The van der Waals surface area contributed by atoms with Crippen molar-refractivity contribution in [1.82, 2.24) is 10.2 Å². The maximum absolute atomic E-state index is 12.3. The number of carbonyl (C=O) groups is 1. The molecule has 0 saturated carbocycles. The Bertz CT molecular complexity index is 856. The van der Waals surface area contributed by atoms with E-state index in [0.29, 0.717) is 10.7 Å². The van der Waals surface area contributed by atoms with Crippen LogP contribution < -0.4 is 10.1 Å². The molecule has 1 aromatic carbocycles. The lowest BCUT2D eigenvalue weighted by atomic mass is 10.1. The number of anilines is 1. The molecule has 0 aliphatic carbocycles. The van der Waals surface area contributed by atoms with Gasteiger partial charge in [-0.3, -0.25) is 4.79 Å². The molecule has 3 rings (SSSR count). The average Bonchev–Trinajstić information content (AvgIpc) is 3.22. The maximum Gasteiger partial charge on any atom is 0.230 e. The highest BCUT2D eigenvalue weighted by molar-refractivity contribution is 7.15. The number of ether oxygens (including phenoxy) is 1. The topological polar surface area (TPSA) is 77.3 Å². The third-order valence-electron chi connectivity index (χ3n) is 3.92. The predicted molar refractivity (Wildman–Crippen MR) is 98.2 cm³/mol. The summed E-state index contributed by atoms with van der Waals surface area (Å²) in [6.45, 7) is 2.17. The fraction of sp³-hybridized carbons (Fsp3) is 0.389. The SMILES string of the molecule is CCCCCc1nnc(NC(=O)Cc2coc3cc(OC)ccc23)s1. The lowest BCUT2D eigenvalue weighted by Crippen LogP contribution is -2.13. The van der Waals surface area contributed by atoms with Crippen molar-refractivity contribution >= 4 is 33.3 Å². The number of hydrogen-bond acceptors (Lipinski definition) is 6. The van der Waals surface area contributed by atoms with E-state index >= 15 is 0 Å². The van der Waals surface area contributed by atoms with Gasteiger partial charge in [-0.25, -0.2) is 0 Å². The molecule has 0 saturated heterocycles. The zero-order chi connectivity index (χ0) is 17.6. The highest BCUT2D eigenvalue weighted by Gasteiger charge is 2.13. The predicted octanol–water partition coefficient (Wildman–Crippen LogP) is 4.21. The zero-order valence-electron chi connectivity index (χ0n) is 14.4. The summed E-state index contributed by atoms with van der Waals surface area (Å²) in [5.41, 5.74) is 1.54. The first kappa shape index (κ1) is 17.4. The molecule has 0 unspecified atom stereocenters. The first-order chi connectivity index (χ1) is 12.2. The minimum absolute atomic E-state index is 0.130. The van der Waals surface area contributed by atoms with Crippen LogP contribution in [-0.4, -0.2) is 23.2 Å². The van der Waals surface area contributed by atoms with E-state index in [-0.39, 0.29) is 12.3 Å². The number of carbonyl (C=O) groups excluding carboxylic acids is 1. The number of fused-ring (bicyclic) bond motifs is 1. The summed E-state index contributed by atoms with van der Waals surface area (Å²) < 4.78 is 10.7. The Kier molecular flexibility index (Phi) is 5.65. The Balaban J connectivity index is 1.61. The van der Waals surface area contributed by atoms with Crippen LogP contribution >= 0.6 is 11.3 Å². The average molecular weight is 359 g/mol. The number of nitrogens with one attached hydrogen (secondary N) is 1. The quantitative estimate of drug-likeness (QED) is 0.610. The van der Waals surface area contributed by atoms with E-state index in [1.165, 1.54) is 24.2 Å². The number of rotatable bonds is 8. The molecule has 3 aromatic rings. The number of nitrogens with zero attached hydrogens (tertiary/aromatic N) is 2. The summed E-state index contributed by atoms with van der Waals surface area (Å²) >= 11 is 1.44. The minimum atomic E-state index is -0.130. The largest absolute Gasteiger partial charge is 0.497 e. The van der Waals surface area contributed by atoms with Gasteiger partial charge in [0.25, 0.3) is 0 Å². The number of aromatic nitrogens is 2. The second kappa shape index (κ2) is 8.11. The van der Waals surface area contributed by atoms with Gasteiger partial charge in [0.2, 0.25) is 11.0 Å². The van der Waals surface area contributed by atoms with Gasteiger partial charge in [0.05, 0.1) is 19.8 Å². The molecule has 0 atom stereocenters. The van der Waals surface area contributed by atoms with E-state index in [0.717, 1.165) is 34.5 Å². The molecule has 132 valence electrons. The van der Waals surface area contributed by atoms with E-state index in [1.807, 2.05) is 18.2 Å². The van der Waals surface area contributed by atoms with Gasteiger partial charge < -0.3 is 14.5 Å². The molecule has 0 spiro atoms. The molecule has 0 radical (unpaired) electrons. The first-order valence-corrected chi connectivity index (χ1v) is 9.17. The summed E-state index contributed by atoms with van der Waals surface area (Å²) in [5, 5.41) is 13.4. The highest BCUT2D eigenvalue weighted by Crippen LogP contribution is 2.26. The molecular weight excluding hydrogens is 338 g/mol. The molecular formula is C18H21N3O3S. The third kappa shape index (κ3) is 4.36. The van der Waals surface area contributed by atoms with Crippen molar-refractivity contribution in [3.05, 3.63) is 35.0 Å². The molecule has 1 N–H and O–H groups in total. The van der Waals surface area contributed by atoms with E-state index in [2.05, 4.69) is 22.4 Å². The molecule has 0 bridgehead atoms. The van der Waals surface area contributed by atoms with Gasteiger partial charge >= 0.3 is 0 Å². The molecule has 0 fully saturated rings. The molecule has 7 heteroatoms. The number of aryl methyl sites for hydroxylation is 1. The lowest BCUT2D eigenvalue weighted by molar-refractivity contribution is -0.115. The molecule has 1 amide bonds. The van der Waals surface area contributed by atoms with E-state index in [4.69, 9.17) is 9.15 Å². The van der Waals surface area contributed by atoms with Crippen molar-refractivity contribution in [3.63, 3.8) is 0 Å². The van der Waals surface area contributed by atoms with E-state index in [1.54, 1.807) is 13.4 Å². The fourth-order valence-electron chi connectivity index (χ4n) is 2.60. The number of benzene rings is 1. The van der Waals surface area contributed by atoms with Gasteiger partial charge in [-0.05, 0) is 18.6 Å². The minimum Gasteiger partial charge on any atom is -0.497 e. The van der Waals surface area contributed by atoms with Gasteiger partial charge in [0.1, 0.15) is 16.3 Å². The number of hydrogen-bond donors (Lipinski definition) is 1. The van der Waals surface area contributed by atoms with Crippen molar-refractivity contribution < 1.29 is 13.9 Å². The van der Waals surface area contributed by atoms with Crippen molar-refractivity contribution in [2.24, 2.45) is 0 Å². The van der Waals surface area contributed by atoms with Crippen LogP contribution in [0.5, 0.6) is 5.75 Å². The van der Waals surface area contributed by atoms with Crippen LogP contribution in [0.2, 0.25) is 0 Å². The third-order valence-corrected chi connectivity index (χ3v) is 4.82. The smallest absolute Gasteiger partial charge is 0.230 e. The van der Waals surface area contributed by atoms with E-state index < -0.39 is 0 Å². The molecule has 6 nitrogen and oxygen atoms in total. The van der Waals surface area contributed by atoms with Gasteiger partial charge in [0.15, 0.2) is 0 Å².